The highest BCUT2D eigenvalue weighted by Gasteiger charge is 2.19. The van der Waals surface area contributed by atoms with Gasteiger partial charge in [0.25, 0.3) is 0 Å². The Kier molecular flexibility index (Phi) is 3.21. The summed E-state index contributed by atoms with van der Waals surface area (Å²) in [4.78, 5) is 4.18. The summed E-state index contributed by atoms with van der Waals surface area (Å²) in [5, 5.41) is 13.2. The molecule has 0 radical (unpaired) electrons. The SMILES string of the molecule is Cc1cccc(-c2noc(C(N)C(C)O)n2)c1. The van der Waals surface area contributed by atoms with Crippen LogP contribution < -0.4 is 5.73 Å². The Balaban J connectivity index is 2.30. The Morgan fingerprint density at radius 3 is 2.82 bits per heavy atom. The van der Waals surface area contributed by atoms with Crippen LogP contribution in [-0.2, 0) is 0 Å². The summed E-state index contributed by atoms with van der Waals surface area (Å²) < 4.78 is 5.04. The van der Waals surface area contributed by atoms with Crippen molar-refractivity contribution in [3.05, 3.63) is 35.7 Å². The zero-order valence-electron chi connectivity index (χ0n) is 9.79. The third-order valence-electron chi connectivity index (χ3n) is 2.52. The minimum Gasteiger partial charge on any atom is -0.391 e. The molecule has 0 amide bonds. The maximum atomic E-state index is 9.35. The number of aryl methyl sites for hydroxylation is 1. The average molecular weight is 233 g/mol. The van der Waals surface area contributed by atoms with Crippen molar-refractivity contribution in [2.75, 3.05) is 0 Å². The summed E-state index contributed by atoms with van der Waals surface area (Å²) in [6, 6.07) is 7.13. The van der Waals surface area contributed by atoms with Gasteiger partial charge in [-0.05, 0) is 19.9 Å². The first-order valence-corrected chi connectivity index (χ1v) is 5.42. The lowest BCUT2D eigenvalue weighted by Crippen LogP contribution is -2.23. The van der Waals surface area contributed by atoms with Crippen LogP contribution in [0.3, 0.4) is 0 Å². The number of nitrogens with two attached hydrogens (primary N) is 1. The van der Waals surface area contributed by atoms with Gasteiger partial charge < -0.3 is 15.4 Å². The van der Waals surface area contributed by atoms with Crippen LogP contribution in [-0.4, -0.2) is 21.4 Å². The quantitative estimate of drug-likeness (QED) is 0.837. The second-order valence-electron chi connectivity index (χ2n) is 4.09. The van der Waals surface area contributed by atoms with Gasteiger partial charge in [0.2, 0.25) is 11.7 Å². The van der Waals surface area contributed by atoms with Gasteiger partial charge in [0, 0.05) is 5.56 Å². The molecule has 5 nitrogen and oxygen atoms in total. The number of aliphatic hydroxyl groups is 1. The lowest BCUT2D eigenvalue weighted by molar-refractivity contribution is 0.146. The van der Waals surface area contributed by atoms with Crippen LogP contribution >= 0.6 is 0 Å². The van der Waals surface area contributed by atoms with Crippen molar-refractivity contribution in [3.63, 3.8) is 0 Å². The van der Waals surface area contributed by atoms with Gasteiger partial charge in [-0.25, -0.2) is 0 Å². The molecule has 17 heavy (non-hydrogen) atoms. The van der Waals surface area contributed by atoms with Gasteiger partial charge in [-0.1, -0.05) is 28.9 Å². The summed E-state index contributed by atoms with van der Waals surface area (Å²) in [6.45, 7) is 3.58. The van der Waals surface area contributed by atoms with Crippen LogP contribution in [0.15, 0.2) is 28.8 Å². The number of nitrogens with zero attached hydrogens (tertiary/aromatic N) is 2. The minimum atomic E-state index is -0.721. The van der Waals surface area contributed by atoms with Crippen molar-refractivity contribution in [1.29, 1.82) is 0 Å². The summed E-state index contributed by atoms with van der Waals surface area (Å²) in [7, 11) is 0. The Hall–Kier alpha value is -1.72. The maximum absolute atomic E-state index is 9.35. The molecular weight excluding hydrogens is 218 g/mol. The first kappa shape index (κ1) is 11.8. The summed E-state index contributed by atoms with van der Waals surface area (Å²) >= 11 is 0. The minimum absolute atomic E-state index is 0.247. The molecule has 0 bridgehead atoms. The van der Waals surface area contributed by atoms with E-state index in [4.69, 9.17) is 10.3 Å². The molecule has 2 aromatic rings. The molecular formula is C12H15N3O2. The molecule has 3 N–H and O–H groups in total. The third kappa shape index (κ3) is 2.51. The predicted octanol–water partition coefficient (Wildman–Crippen LogP) is 1.43. The molecule has 0 aliphatic carbocycles. The van der Waals surface area contributed by atoms with Crippen LogP contribution in [0.4, 0.5) is 0 Å². The van der Waals surface area contributed by atoms with E-state index in [1.165, 1.54) is 0 Å². The third-order valence-corrected chi connectivity index (χ3v) is 2.52. The predicted molar refractivity (Wildman–Crippen MR) is 63.1 cm³/mol. The highest BCUT2D eigenvalue weighted by Crippen LogP contribution is 2.19. The maximum Gasteiger partial charge on any atom is 0.246 e. The van der Waals surface area contributed by atoms with Crippen LogP contribution in [0.1, 0.15) is 24.4 Å². The fourth-order valence-electron chi connectivity index (χ4n) is 1.48. The van der Waals surface area contributed by atoms with Crippen molar-refractivity contribution in [3.8, 4) is 11.4 Å². The van der Waals surface area contributed by atoms with Crippen LogP contribution in [0.5, 0.6) is 0 Å². The zero-order chi connectivity index (χ0) is 12.4. The average Bonchev–Trinajstić information content (AvgIpc) is 2.77. The van der Waals surface area contributed by atoms with Gasteiger partial charge in [0.05, 0.1) is 6.10 Å². The molecule has 0 aliphatic heterocycles. The molecule has 1 heterocycles. The molecule has 0 spiro atoms. The Bertz CT molecular complexity index is 508. The lowest BCUT2D eigenvalue weighted by Gasteiger charge is -2.08. The van der Waals surface area contributed by atoms with E-state index in [-0.39, 0.29) is 5.89 Å². The fraction of sp³-hybridized carbons (Fsp3) is 0.333. The molecule has 0 saturated carbocycles. The highest BCUT2D eigenvalue weighted by molar-refractivity contribution is 5.55. The topological polar surface area (TPSA) is 85.2 Å². The summed E-state index contributed by atoms with van der Waals surface area (Å²) in [5.74, 6) is 0.733. The van der Waals surface area contributed by atoms with Gasteiger partial charge >= 0.3 is 0 Å². The molecule has 1 aromatic carbocycles. The Labute approximate surface area is 99.3 Å². The second-order valence-corrected chi connectivity index (χ2v) is 4.09. The first-order chi connectivity index (χ1) is 8.08. The van der Waals surface area contributed by atoms with Crippen LogP contribution in [0.2, 0.25) is 0 Å². The van der Waals surface area contributed by atoms with E-state index >= 15 is 0 Å². The fourth-order valence-corrected chi connectivity index (χ4v) is 1.48. The van der Waals surface area contributed by atoms with E-state index in [2.05, 4.69) is 10.1 Å². The van der Waals surface area contributed by atoms with E-state index in [0.29, 0.717) is 5.82 Å². The van der Waals surface area contributed by atoms with Gasteiger partial charge in [0.15, 0.2) is 0 Å². The molecule has 2 unspecified atom stereocenters. The molecule has 0 aliphatic rings. The van der Waals surface area contributed by atoms with Gasteiger partial charge in [-0.2, -0.15) is 4.98 Å². The Morgan fingerprint density at radius 2 is 2.18 bits per heavy atom. The zero-order valence-corrected chi connectivity index (χ0v) is 9.79. The summed E-state index contributed by atoms with van der Waals surface area (Å²) in [6.07, 6.45) is -0.721. The number of benzene rings is 1. The van der Waals surface area contributed by atoms with Gasteiger partial charge in [-0.3, -0.25) is 0 Å². The van der Waals surface area contributed by atoms with Crippen molar-refractivity contribution in [1.82, 2.24) is 10.1 Å². The number of aliphatic hydroxyl groups excluding tert-OH is 1. The second kappa shape index (κ2) is 4.65. The van der Waals surface area contributed by atoms with Crippen molar-refractivity contribution >= 4 is 0 Å². The standard InChI is InChI=1S/C12H15N3O2/c1-7-4-3-5-9(6-7)11-14-12(17-15-11)10(13)8(2)16/h3-6,8,10,16H,13H2,1-2H3. The van der Waals surface area contributed by atoms with E-state index in [1.807, 2.05) is 31.2 Å². The number of hydrogen-bond acceptors (Lipinski definition) is 5. The normalized spacial score (nSPS) is 14.6. The first-order valence-electron chi connectivity index (χ1n) is 5.42. The molecule has 5 heteroatoms. The molecule has 0 fully saturated rings. The molecule has 0 saturated heterocycles. The van der Waals surface area contributed by atoms with Gasteiger partial charge in [-0.15, -0.1) is 0 Å². The lowest BCUT2D eigenvalue weighted by atomic mass is 10.1. The van der Waals surface area contributed by atoms with E-state index in [9.17, 15) is 5.11 Å². The van der Waals surface area contributed by atoms with Gasteiger partial charge in [0.1, 0.15) is 6.04 Å². The van der Waals surface area contributed by atoms with Crippen molar-refractivity contribution in [2.24, 2.45) is 5.73 Å². The summed E-state index contributed by atoms with van der Waals surface area (Å²) in [5.41, 5.74) is 7.70. The molecule has 2 atom stereocenters. The molecule has 1 aromatic heterocycles. The van der Waals surface area contributed by atoms with Crippen molar-refractivity contribution < 1.29 is 9.63 Å². The Morgan fingerprint density at radius 1 is 1.41 bits per heavy atom. The highest BCUT2D eigenvalue weighted by atomic mass is 16.5. The van der Waals surface area contributed by atoms with Crippen LogP contribution in [0, 0.1) is 6.92 Å². The number of rotatable bonds is 3. The van der Waals surface area contributed by atoms with E-state index in [1.54, 1.807) is 6.92 Å². The number of hydrogen-bond donors (Lipinski definition) is 2. The van der Waals surface area contributed by atoms with Crippen LogP contribution in [0.25, 0.3) is 11.4 Å². The van der Waals surface area contributed by atoms with Crippen molar-refractivity contribution in [2.45, 2.75) is 26.0 Å². The largest absolute Gasteiger partial charge is 0.391 e. The van der Waals surface area contributed by atoms with E-state index in [0.717, 1.165) is 11.1 Å². The smallest absolute Gasteiger partial charge is 0.246 e. The molecule has 90 valence electrons. The monoisotopic (exact) mass is 233 g/mol. The molecule has 2 rings (SSSR count). The van der Waals surface area contributed by atoms with E-state index < -0.39 is 12.1 Å². The number of aromatic nitrogens is 2.